The molecule has 0 spiro atoms. The Kier molecular flexibility index (Phi) is 44.7. The van der Waals surface area contributed by atoms with E-state index in [4.69, 9.17) is 23.7 Å². The summed E-state index contributed by atoms with van der Waals surface area (Å²) < 4.78 is 28.3. The van der Waals surface area contributed by atoms with E-state index >= 15 is 0 Å². The smallest absolute Gasteiger partial charge is 0.335 e. The first-order valence-corrected chi connectivity index (χ1v) is 28.6. The SMILES string of the molecule is CC/C=C\C/C=C\C/C=C\C/C=C\CCC(=O)OC(COC(=O)CCCCCCC/C=C\CCCCCCCC)COC1OC(C(=O)O)C(O)C(O)C1OC(=O)CCCCCCC/C=C\C/C=C\CCCCC. The van der Waals surface area contributed by atoms with E-state index in [0.29, 0.717) is 25.7 Å². The van der Waals surface area contributed by atoms with E-state index in [-0.39, 0.29) is 25.9 Å². The number of ether oxygens (including phenoxy) is 5. The summed E-state index contributed by atoms with van der Waals surface area (Å²) in [7, 11) is 0. The molecule has 6 atom stereocenters. The van der Waals surface area contributed by atoms with Crippen molar-refractivity contribution in [1.29, 1.82) is 0 Å². The number of rotatable bonds is 47. The molecule has 1 aliphatic rings. The predicted octanol–water partition coefficient (Wildman–Crippen LogP) is 14.3. The second-order valence-electron chi connectivity index (χ2n) is 19.2. The Bertz CT molecular complexity index is 1590. The number of esters is 3. The van der Waals surface area contributed by atoms with E-state index < -0.39 is 67.3 Å². The lowest BCUT2D eigenvalue weighted by atomic mass is 9.98. The summed E-state index contributed by atoms with van der Waals surface area (Å²) >= 11 is 0. The Hall–Kier alpha value is -4.10. The van der Waals surface area contributed by atoms with Gasteiger partial charge in [0.25, 0.3) is 0 Å². The molecular formula is C61H100O12. The Labute approximate surface area is 441 Å². The Morgan fingerprint density at radius 1 is 0.466 bits per heavy atom. The lowest BCUT2D eigenvalue weighted by molar-refractivity contribution is -0.301. The van der Waals surface area contributed by atoms with E-state index in [9.17, 15) is 34.5 Å². The van der Waals surface area contributed by atoms with Crippen LogP contribution in [0.15, 0.2) is 85.1 Å². The van der Waals surface area contributed by atoms with Gasteiger partial charge in [0.15, 0.2) is 24.6 Å². The Morgan fingerprint density at radius 2 is 0.890 bits per heavy atom. The summed E-state index contributed by atoms with van der Waals surface area (Å²) in [5.41, 5.74) is 0. The van der Waals surface area contributed by atoms with E-state index in [1.807, 2.05) is 12.2 Å². The summed E-state index contributed by atoms with van der Waals surface area (Å²) in [6.45, 7) is 5.76. The molecular weight excluding hydrogens is 925 g/mol. The topological polar surface area (TPSA) is 175 Å². The maximum absolute atomic E-state index is 13.1. The fraction of sp³-hybridized carbons (Fsp3) is 0.705. The molecule has 0 amide bonds. The number of carbonyl (C=O) groups excluding carboxylic acids is 3. The molecule has 1 aliphatic heterocycles. The van der Waals surface area contributed by atoms with Gasteiger partial charge < -0.3 is 39.0 Å². The summed E-state index contributed by atoms with van der Waals surface area (Å²) in [6.07, 6.45) is 50.0. The van der Waals surface area contributed by atoms with Crippen molar-refractivity contribution in [2.45, 2.75) is 263 Å². The third-order valence-electron chi connectivity index (χ3n) is 12.4. The fourth-order valence-electron chi connectivity index (χ4n) is 8.05. The number of carboxylic acids is 1. The highest BCUT2D eigenvalue weighted by atomic mass is 16.7. The van der Waals surface area contributed by atoms with Gasteiger partial charge in [-0.2, -0.15) is 0 Å². The van der Waals surface area contributed by atoms with E-state index in [0.717, 1.165) is 103 Å². The standard InChI is InChI=1S/C61H100O12/c1-4-7-10-13-16-19-22-25-27-30-32-35-38-41-44-47-53(62)69-50-52(71-54(63)48-45-42-39-36-33-29-24-21-18-15-12-9-6-3)51-70-61-59(57(66)56(65)58(73-61)60(67)68)72-55(64)49-46-43-40-37-34-31-28-26-23-20-17-14-11-8-5-2/h9,12,17-18,20-21,25-29,33,39,42,52,56-59,61,65-66H,4-8,10-11,13-16,19,22-24,30-32,34-38,40-41,43-51H2,1-3H3,(H,67,68)/b12-9-,20-17-,21-18-,27-25-,28-26-,33-29-,42-39-. The van der Waals surface area contributed by atoms with Gasteiger partial charge in [-0.05, 0) is 103 Å². The summed E-state index contributed by atoms with van der Waals surface area (Å²) in [4.78, 5) is 51.0. The summed E-state index contributed by atoms with van der Waals surface area (Å²) in [6, 6.07) is 0. The maximum Gasteiger partial charge on any atom is 0.335 e. The molecule has 1 fully saturated rings. The van der Waals surface area contributed by atoms with E-state index in [1.165, 1.54) is 57.8 Å². The van der Waals surface area contributed by atoms with Crippen LogP contribution in [0.3, 0.4) is 0 Å². The minimum atomic E-state index is -1.92. The van der Waals surface area contributed by atoms with Gasteiger partial charge >= 0.3 is 23.9 Å². The highest BCUT2D eigenvalue weighted by Gasteiger charge is 2.50. The van der Waals surface area contributed by atoms with Crippen molar-refractivity contribution < 1.29 is 58.2 Å². The van der Waals surface area contributed by atoms with Gasteiger partial charge in [0, 0.05) is 19.3 Å². The first kappa shape index (κ1) is 66.9. The van der Waals surface area contributed by atoms with E-state index in [1.54, 1.807) is 0 Å². The Morgan fingerprint density at radius 3 is 1.41 bits per heavy atom. The molecule has 1 saturated heterocycles. The second-order valence-corrected chi connectivity index (χ2v) is 19.2. The molecule has 1 rings (SSSR count). The molecule has 0 aromatic carbocycles. The van der Waals surface area contributed by atoms with Crippen LogP contribution in [0.2, 0.25) is 0 Å². The van der Waals surface area contributed by atoms with Crippen molar-refractivity contribution in [2.75, 3.05) is 13.2 Å². The fourth-order valence-corrected chi connectivity index (χ4v) is 8.05. The average Bonchev–Trinajstić information content (AvgIpc) is 3.37. The number of aliphatic hydroxyl groups excluding tert-OH is 2. The molecule has 0 aromatic rings. The molecule has 0 aliphatic carbocycles. The number of aliphatic hydroxyl groups is 2. The zero-order valence-electron chi connectivity index (χ0n) is 45.6. The maximum atomic E-state index is 13.1. The van der Waals surface area contributed by atoms with Gasteiger partial charge in [-0.25, -0.2) is 4.79 Å². The van der Waals surface area contributed by atoms with Gasteiger partial charge in [-0.3, -0.25) is 14.4 Å². The number of unbranched alkanes of at least 4 members (excludes halogenated alkanes) is 19. The zero-order valence-corrected chi connectivity index (χ0v) is 45.6. The molecule has 0 radical (unpaired) electrons. The van der Waals surface area contributed by atoms with Crippen LogP contribution in [0.1, 0.15) is 226 Å². The summed E-state index contributed by atoms with van der Waals surface area (Å²) in [5.74, 6) is -3.26. The number of carboxylic acid groups (broad SMARTS) is 1. The molecule has 0 saturated carbocycles. The normalized spacial score (nSPS) is 18.9. The molecule has 3 N–H and O–H groups in total. The molecule has 0 bridgehead atoms. The number of aliphatic carboxylic acids is 1. The quantitative estimate of drug-likeness (QED) is 0.0228. The zero-order chi connectivity index (χ0) is 53.3. The van der Waals surface area contributed by atoms with Gasteiger partial charge in [-0.1, -0.05) is 189 Å². The first-order valence-electron chi connectivity index (χ1n) is 28.6. The van der Waals surface area contributed by atoms with Crippen LogP contribution in [0.25, 0.3) is 0 Å². The van der Waals surface area contributed by atoms with Crippen LogP contribution in [0.5, 0.6) is 0 Å². The molecule has 12 nitrogen and oxygen atoms in total. The average molecular weight is 1030 g/mol. The highest BCUT2D eigenvalue weighted by Crippen LogP contribution is 2.26. The third-order valence-corrected chi connectivity index (χ3v) is 12.4. The molecule has 0 aromatic heterocycles. The van der Waals surface area contributed by atoms with E-state index in [2.05, 4.69) is 93.7 Å². The minimum absolute atomic E-state index is 0.0328. The predicted molar refractivity (Wildman–Crippen MR) is 294 cm³/mol. The lowest BCUT2D eigenvalue weighted by Gasteiger charge is -2.40. The van der Waals surface area contributed by atoms with Crippen LogP contribution < -0.4 is 0 Å². The molecule has 73 heavy (non-hydrogen) atoms. The minimum Gasteiger partial charge on any atom is -0.479 e. The molecule has 6 unspecified atom stereocenters. The van der Waals surface area contributed by atoms with Crippen LogP contribution in [0, 0.1) is 0 Å². The lowest BCUT2D eigenvalue weighted by Crippen LogP contribution is -2.61. The van der Waals surface area contributed by atoms with Gasteiger partial charge in [0.2, 0.25) is 0 Å². The van der Waals surface area contributed by atoms with Crippen molar-refractivity contribution in [3.05, 3.63) is 85.1 Å². The van der Waals surface area contributed by atoms with Crippen molar-refractivity contribution in [3.63, 3.8) is 0 Å². The third kappa shape index (κ3) is 39.0. The van der Waals surface area contributed by atoms with Crippen molar-refractivity contribution >= 4 is 23.9 Å². The second kappa shape index (κ2) is 48.8. The van der Waals surface area contributed by atoms with Crippen LogP contribution >= 0.6 is 0 Å². The monoisotopic (exact) mass is 1020 g/mol. The number of hydrogen-bond acceptors (Lipinski definition) is 11. The molecule has 12 heteroatoms. The van der Waals surface area contributed by atoms with Gasteiger partial charge in [-0.15, -0.1) is 0 Å². The summed E-state index contributed by atoms with van der Waals surface area (Å²) in [5, 5.41) is 31.4. The van der Waals surface area contributed by atoms with Gasteiger partial charge in [0.1, 0.15) is 18.8 Å². The van der Waals surface area contributed by atoms with Crippen LogP contribution in [0.4, 0.5) is 0 Å². The first-order chi connectivity index (χ1) is 35.6. The highest BCUT2D eigenvalue weighted by molar-refractivity contribution is 5.74. The largest absolute Gasteiger partial charge is 0.479 e. The number of hydrogen-bond donors (Lipinski definition) is 3. The Balaban J connectivity index is 2.76. The van der Waals surface area contributed by atoms with Gasteiger partial charge in [0.05, 0.1) is 6.61 Å². The van der Waals surface area contributed by atoms with Crippen molar-refractivity contribution in [3.8, 4) is 0 Å². The number of carbonyl (C=O) groups is 4. The number of allylic oxidation sites excluding steroid dienone is 14. The molecule has 416 valence electrons. The van der Waals surface area contributed by atoms with Crippen LogP contribution in [-0.4, -0.2) is 89.2 Å². The van der Waals surface area contributed by atoms with Crippen molar-refractivity contribution in [1.82, 2.24) is 0 Å². The van der Waals surface area contributed by atoms with Crippen molar-refractivity contribution in [2.24, 2.45) is 0 Å². The van der Waals surface area contributed by atoms with Crippen LogP contribution in [-0.2, 0) is 42.9 Å². The molecule has 1 heterocycles.